The van der Waals surface area contributed by atoms with E-state index in [1.165, 1.54) is 23.1 Å². The molecule has 0 bridgehead atoms. The molecular formula is C18H23N3O3S2. The van der Waals surface area contributed by atoms with E-state index in [1.54, 1.807) is 0 Å². The van der Waals surface area contributed by atoms with Crippen LogP contribution in [0.5, 0.6) is 0 Å². The van der Waals surface area contributed by atoms with Crippen molar-refractivity contribution in [2.45, 2.75) is 52.1 Å². The maximum atomic E-state index is 12.4. The number of nitrogens with one attached hydrogen (secondary N) is 1. The molecule has 26 heavy (non-hydrogen) atoms. The monoisotopic (exact) mass is 393 g/mol. The molecule has 0 spiro atoms. The van der Waals surface area contributed by atoms with Crippen LogP contribution in [-0.4, -0.2) is 33.2 Å². The van der Waals surface area contributed by atoms with E-state index in [4.69, 9.17) is 0 Å². The number of thiophene rings is 1. The van der Waals surface area contributed by atoms with Crippen LogP contribution in [-0.2, 0) is 17.6 Å². The van der Waals surface area contributed by atoms with Gasteiger partial charge in [-0.3, -0.25) is 4.79 Å². The number of anilines is 1. The van der Waals surface area contributed by atoms with Crippen LogP contribution in [0.25, 0.3) is 0 Å². The van der Waals surface area contributed by atoms with E-state index in [0.717, 1.165) is 32.5 Å². The summed E-state index contributed by atoms with van der Waals surface area (Å²) in [5.74, 6) is -1.21. The summed E-state index contributed by atoms with van der Waals surface area (Å²) in [6.45, 7) is 7.63. The van der Waals surface area contributed by atoms with E-state index in [0.29, 0.717) is 17.8 Å². The molecule has 0 radical (unpaired) electrons. The van der Waals surface area contributed by atoms with Crippen molar-refractivity contribution >= 4 is 40.0 Å². The number of carbonyl (C=O) groups is 2. The van der Waals surface area contributed by atoms with E-state index < -0.39 is 5.97 Å². The summed E-state index contributed by atoms with van der Waals surface area (Å²) in [4.78, 5) is 33.7. The highest BCUT2D eigenvalue weighted by molar-refractivity contribution is 7.98. The molecule has 2 heterocycles. The molecule has 0 fully saturated rings. The number of carboxylic acids is 1. The van der Waals surface area contributed by atoms with Gasteiger partial charge in [0, 0.05) is 22.7 Å². The highest BCUT2D eigenvalue weighted by Gasteiger charge is 2.22. The molecule has 0 saturated carbocycles. The third-order valence-electron chi connectivity index (χ3n) is 4.21. The SMILES string of the molecule is CCc1c(C)sc(NC(=O)CCc2c(C)nc(SC)nc2C)c1C(=O)O. The second kappa shape index (κ2) is 8.64. The van der Waals surface area contributed by atoms with Gasteiger partial charge in [-0.2, -0.15) is 0 Å². The zero-order valence-corrected chi connectivity index (χ0v) is 17.2. The van der Waals surface area contributed by atoms with Crippen LogP contribution < -0.4 is 5.32 Å². The van der Waals surface area contributed by atoms with Gasteiger partial charge in [-0.1, -0.05) is 18.7 Å². The first-order valence-electron chi connectivity index (χ1n) is 8.31. The molecular weight excluding hydrogens is 370 g/mol. The smallest absolute Gasteiger partial charge is 0.339 e. The van der Waals surface area contributed by atoms with Gasteiger partial charge >= 0.3 is 5.97 Å². The molecule has 0 atom stereocenters. The molecule has 140 valence electrons. The van der Waals surface area contributed by atoms with Crippen LogP contribution in [0.15, 0.2) is 5.16 Å². The lowest BCUT2D eigenvalue weighted by molar-refractivity contribution is -0.116. The van der Waals surface area contributed by atoms with E-state index in [1.807, 2.05) is 34.0 Å². The number of thioether (sulfide) groups is 1. The van der Waals surface area contributed by atoms with Gasteiger partial charge < -0.3 is 10.4 Å². The number of carbonyl (C=O) groups excluding carboxylic acids is 1. The predicted molar refractivity (Wildman–Crippen MR) is 106 cm³/mol. The summed E-state index contributed by atoms with van der Waals surface area (Å²) in [7, 11) is 0. The molecule has 2 aromatic heterocycles. The Morgan fingerprint density at radius 3 is 2.27 bits per heavy atom. The molecule has 1 amide bonds. The van der Waals surface area contributed by atoms with Crippen molar-refractivity contribution in [2.75, 3.05) is 11.6 Å². The summed E-state index contributed by atoms with van der Waals surface area (Å²) < 4.78 is 0. The Labute approximate surface area is 161 Å². The molecule has 0 aliphatic carbocycles. The highest BCUT2D eigenvalue weighted by atomic mass is 32.2. The first-order chi connectivity index (χ1) is 12.3. The van der Waals surface area contributed by atoms with Crippen molar-refractivity contribution in [1.82, 2.24) is 9.97 Å². The second-order valence-corrected chi connectivity index (χ2v) is 7.91. The fourth-order valence-corrected chi connectivity index (χ4v) is 4.52. The average molecular weight is 394 g/mol. The van der Waals surface area contributed by atoms with E-state index in [-0.39, 0.29) is 17.9 Å². The topological polar surface area (TPSA) is 92.2 Å². The Hall–Kier alpha value is -1.93. The Morgan fingerprint density at radius 1 is 1.15 bits per heavy atom. The van der Waals surface area contributed by atoms with Crippen LogP contribution >= 0.6 is 23.1 Å². The van der Waals surface area contributed by atoms with Crippen molar-refractivity contribution in [3.63, 3.8) is 0 Å². The van der Waals surface area contributed by atoms with E-state index in [9.17, 15) is 14.7 Å². The highest BCUT2D eigenvalue weighted by Crippen LogP contribution is 2.33. The fourth-order valence-electron chi connectivity index (χ4n) is 2.91. The second-order valence-electron chi connectivity index (χ2n) is 5.91. The zero-order chi connectivity index (χ0) is 19.4. The Balaban J connectivity index is 2.12. The average Bonchev–Trinajstić information content (AvgIpc) is 2.88. The molecule has 0 aromatic carbocycles. The minimum Gasteiger partial charge on any atom is -0.478 e. The molecule has 0 aliphatic heterocycles. The first-order valence-corrected chi connectivity index (χ1v) is 10.4. The lowest BCUT2D eigenvalue weighted by Gasteiger charge is -2.10. The van der Waals surface area contributed by atoms with E-state index in [2.05, 4.69) is 15.3 Å². The first kappa shape index (κ1) is 20.4. The van der Waals surface area contributed by atoms with Crippen LogP contribution in [0.3, 0.4) is 0 Å². The Kier molecular flexibility index (Phi) is 6.77. The van der Waals surface area contributed by atoms with Crippen molar-refractivity contribution in [2.24, 2.45) is 0 Å². The standard InChI is InChI=1S/C18H23N3O3S2/c1-6-12-11(4)26-16(15(12)17(23)24)21-14(22)8-7-13-9(2)19-18(25-5)20-10(13)3/h6-8H2,1-5H3,(H,21,22)(H,23,24). The Morgan fingerprint density at radius 2 is 1.77 bits per heavy atom. The minimum atomic E-state index is -1.01. The number of aromatic carboxylic acids is 1. The van der Waals surface area contributed by atoms with Gasteiger partial charge in [-0.25, -0.2) is 14.8 Å². The quantitative estimate of drug-likeness (QED) is 0.545. The number of aromatic nitrogens is 2. The fraction of sp³-hybridized carbons (Fsp3) is 0.444. The number of hydrogen-bond donors (Lipinski definition) is 2. The number of carboxylic acid groups (broad SMARTS) is 1. The predicted octanol–water partition coefficient (Wildman–Crippen LogP) is 4.02. The third-order valence-corrected chi connectivity index (χ3v) is 5.82. The molecule has 0 aliphatic rings. The van der Waals surface area contributed by atoms with Crippen molar-refractivity contribution in [1.29, 1.82) is 0 Å². The van der Waals surface area contributed by atoms with Crippen LogP contribution in [0.1, 0.15) is 51.1 Å². The number of amides is 1. The van der Waals surface area contributed by atoms with Gasteiger partial charge in [0.15, 0.2) is 5.16 Å². The van der Waals surface area contributed by atoms with E-state index >= 15 is 0 Å². The molecule has 2 rings (SSSR count). The maximum absolute atomic E-state index is 12.4. The summed E-state index contributed by atoms with van der Waals surface area (Å²) >= 11 is 2.80. The minimum absolute atomic E-state index is 0.204. The molecule has 6 nitrogen and oxygen atoms in total. The molecule has 8 heteroatoms. The summed E-state index contributed by atoms with van der Waals surface area (Å²) in [6, 6.07) is 0. The van der Waals surface area contributed by atoms with Crippen molar-refractivity contribution < 1.29 is 14.7 Å². The Bertz CT molecular complexity index is 823. The van der Waals surface area contributed by atoms with Crippen molar-refractivity contribution in [3.05, 3.63) is 33.0 Å². The molecule has 0 saturated heterocycles. The van der Waals surface area contributed by atoms with Crippen LogP contribution in [0.4, 0.5) is 5.00 Å². The normalized spacial score (nSPS) is 10.8. The van der Waals surface area contributed by atoms with Gasteiger partial charge in [0.1, 0.15) is 5.00 Å². The van der Waals surface area contributed by atoms with Gasteiger partial charge in [-0.05, 0) is 51.0 Å². The molecule has 2 N–H and O–H groups in total. The number of rotatable bonds is 7. The molecule has 0 unspecified atom stereocenters. The largest absolute Gasteiger partial charge is 0.478 e. The summed E-state index contributed by atoms with van der Waals surface area (Å²) in [6.07, 6.45) is 3.32. The van der Waals surface area contributed by atoms with Gasteiger partial charge in [-0.15, -0.1) is 11.3 Å². The van der Waals surface area contributed by atoms with Gasteiger partial charge in [0.2, 0.25) is 5.91 Å². The van der Waals surface area contributed by atoms with Crippen molar-refractivity contribution in [3.8, 4) is 0 Å². The molecule has 2 aromatic rings. The lowest BCUT2D eigenvalue weighted by atomic mass is 10.1. The summed E-state index contributed by atoms with van der Waals surface area (Å²) in [5, 5.41) is 13.4. The number of nitrogens with zero attached hydrogens (tertiary/aromatic N) is 2. The maximum Gasteiger partial charge on any atom is 0.339 e. The summed E-state index contributed by atoms with van der Waals surface area (Å²) in [5.41, 5.74) is 3.71. The third kappa shape index (κ3) is 4.42. The van der Waals surface area contributed by atoms with Gasteiger partial charge in [0.05, 0.1) is 5.56 Å². The number of aryl methyl sites for hydroxylation is 3. The zero-order valence-electron chi connectivity index (χ0n) is 15.6. The number of hydrogen-bond acceptors (Lipinski definition) is 6. The van der Waals surface area contributed by atoms with Crippen LogP contribution in [0.2, 0.25) is 0 Å². The van der Waals surface area contributed by atoms with Crippen LogP contribution in [0, 0.1) is 20.8 Å². The van der Waals surface area contributed by atoms with Gasteiger partial charge in [0.25, 0.3) is 0 Å². The lowest BCUT2D eigenvalue weighted by Crippen LogP contribution is -2.15.